The summed E-state index contributed by atoms with van der Waals surface area (Å²) in [6, 6.07) is 16.5. The van der Waals surface area contributed by atoms with Gasteiger partial charge < -0.3 is 49.4 Å². The van der Waals surface area contributed by atoms with Crippen LogP contribution in [0.4, 0.5) is 4.79 Å². The van der Waals surface area contributed by atoms with Crippen molar-refractivity contribution in [2.45, 2.75) is 141 Å². The Morgan fingerprint density at radius 1 is 1.00 bits per heavy atom. The topological polar surface area (TPSA) is 207 Å². The number of rotatable bonds is 10. The highest BCUT2D eigenvalue weighted by molar-refractivity contribution is 5.93. The van der Waals surface area contributed by atoms with Gasteiger partial charge in [-0.15, -0.1) is 0 Å². The van der Waals surface area contributed by atoms with Gasteiger partial charge in [0, 0.05) is 31.1 Å². The zero-order chi connectivity index (χ0) is 43.5. The van der Waals surface area contributed by atoms with E-state index in [-0.39, 0.29) is 37.2 Å². The van der Waals surface area contributed by atoms with Crippen LogP contribution in [-0.2, 0) is 44.7 Å². The maximum absolute atomic E-state index is 15.0. The Bertz CT molecular complexity index is 1940. The summed E-state index contributed by atoms with van der Waals surface area (Å²) in [5.41, 5.74) is -6.30. The van der Waals surface area contributed by atoms with Gasteiger partial charge in [-0.25, -0.2) is 4.79 Å². The average molecular weight is 822 g/mol. The van der Waals surface area contributed by atoms with Crippen LogP contribution in [0.1, 0.15) is 92.3 Å². The van der Waals surface area contributed by atoms with Crippen molar-refractivity contribution in [2.75, 3.05) is 6.61 Å². The average Bonchev–Trinajstić information content (AvgIpc) is 3.14. The highest BCUT2D eigenvalue weighted by atomic mass is 16.6. The summed E-state index contributed by atoms with van der Waals surface area (Å²) < 4.78 is 30.6. The number of aliphatic hydroxyl groups excluding tert-OH is 3. The van der Waals surface area contributed by atoms with Gasteiger partial charge in [-0.05, 0) is 63.8 Å². The molecule has 3 fully saturated rings. The van der Waals surface area contributed by atoms with Crippen molar-refractivity contribution >= 4 is 23.8 Å². The van der Waals surface area contributed by atoms with Gasteiger partial charge in [-0.3, -0.25) is 14.4 Å². The number of ether oxygens (including phenoxy) is 5. The lowest BCUT2D eigenvalue weighted by molar-refractivity contribution is -0.351. The lowest BCUT2D eigenvalue weighted by Gasteiger charge is -2.67. The predicted molar refractivity (Wildman–Crippen MR) is 212 cm³/mol. The van der Waals surface area contributed by atoms with Crippen molar-refractivity contribution in [2.24, 2.45) is 22.7 Å². The van der Waals surface area contributed by atoms with Gasteiger partial charge in [0.05, 0.1) is 43.0 Å². The molecular formula is C45H59NO13. The molecule has 0 aromatic heterocycles. The Morgan fingerprint density at radius 2 is 1.61 bits per heavy atom. The quantitative estimate of drug-likeness (QED) is 0.129. The maximum atomic E-state index is 15.0. The Kier molecular flexibility index (Phi) is 12.0. The van der Waals surface area contributed by atoms with E-state index < -0.39 is 106 Å². The van der Waals surface area contributed by atoms with E-state index in [1.54, 1.807) is 71.9 Å². The molecule has 2 aromatic carbocycles. The molecule has 0 unspecified atom stereocenters. The summed E-state index contributed by atoms with van der Waals surface area (Å²) in [6.45, 7) is 13.9. The molecule has 1 amide bonds. The van der Waals surface area contributed by atoms with E-state index in [1.165, 1.54) is 20.8 Å². The molecule has 14 heteroatoms. The molecule has 6 rings (SSSR count). The lowest BCUT2D eigenvalue weighted by Crippen LogP contribution is -2.81. The van der Waals surface area contributed by atoms with Gasteiger partial charge in [-0.1, -0.05) is 74.5 Å². The summed E-state index contributed by atoms with van der Waals surface area (Å²) in [6.07, 6.45) is -9.58. The van der Waals surface area contributed by atoms with Crippen LogP contribution in [-0.4, -0.2) is 104 Å². The third kappa shape index (κ3) is 7.72. The Hall–Kier alpha value is -4.18. The number of esters is 2. The number of fused-ring (bicyclic) bond motifs is 5. The van der Waals surface area contributed by atoms with Gasteiger partial charge in [0.15, 0.2) is 11.4 Å². The van der Waals surface area contributed by atoms with Crippen LogP contribution in [0.5, 0.6) is 0 Å². The van der Waals surface area contributed by atoms with E-state index in [2.05, 4.69) is 5.32 Å². The maximum Gasteiger partial charge on any atom is 0.408 e. The van der Waals surface area contributed by atoms with E-state index in [0.717, 1.165) is 5.56 Å². The summed E-state index contributed by atoms with van der Waals surface area (Å²) in [5.74, 6) is -5.10. The molecule has 1 saturated heterocycles. The first-order valence-corrected chi connectivity index (χ1v) is 20.2. The lowest BCUT2D eigenvalue weighted by atomic mass is 9.44. The molecule has 1 heterocycles. The number of aliphatic hydroxyl groups is 4. The van der Waals surface area contributed by atoms with E-state index in [0.29, 0.717) is 5.56 Å². The highest BCUT2D eigenvalue weighted by Gasteiger charge is 2.77. The molecular weight excluding hydrogens is 762 g/mol. The van der Waals surface area contributed by atoms with E-state index in [4.69, 9.17) is 23.7 Å². The van der Waals surface area contributed by atoms with Crippen molar-refractivity contribution in [1.29, 1.82) is 0 Å². The highest BCUT2D eigenvalue weighted by Crippen LogP contribution is 2.64. The molecule has 2 saturated carbocycles. The number of alkyl carbamates (subject to hydrolysis) is 1. The van der Waals surface area contributed by atoms with Crippen LogP contribution in [0.25, 0.3) is 0 Å². The van der Waals surface area contributed by atoms with Crippen molar-refractivity contribution in [3.63, 3.8) is 0 Å². The first kappa shape index (κ1) is 44.4. The SMILES string of the molecule is CC(=O)O[C@@]12CO[C@@H]1C[C@H](O)[C@@]1(C)C(=O)[C@H](O)C3=C(C)[C@@H](OC(=O)[C@H]([C@H](C)O)[C@H](NC(=O)OC(C)(C)C)c4ccccc4)C[C@@](O)([C@@H](OCc4ccccc4)[C@H]21)C3(C)C. The number of carbonyl (C=O) groups excluding carboxylic acids is 4. The molecule has 322 valence electrons. The second kappa shape index (κ2) is 16.0. The van der Waals surface area contributed by atoms with Gasteiger partial charge in [0.2, 0.25) is 0 Å². The summed E-state index contributed by atoms with van der Waals surface area (Å²) >= 11 is 0. The minimum absolute atomic E-state index is 0.0721. The predicted octanol–water partition coefficient (Wildman–Crippen LogP) is 4.26. The van der Waals surface area contributed by atoms with E-state index in [9.17, 15) is 34.8 Å². The Labute approximate surface area is 345 Å². The standard InChI is InChI=1S/C45H59NO13/c1-24-29(57-39(52)32(25(2)47)34(28-18-14-11-15-19-28)46-40(53)59-41(4,5)6)21-45(54)38(55-22-27-16-12-10-13-17-27)36-43(9,37(51)35(50)33(24)42(45,7)8)30(49)20-31-44(36,23-56-31)58-26(3)48/h10-19,25,29-32,34-36,38,47,49-50,54H,20-23H2,1-9H3,(H,46,53)/t25-,29-,30-,31+,32+,34+,35+,36-,38-,43+,44-,45+/m0/s1. The molecule has 0 radical (unpaired) electrons. The zero-order valence-corrected chi connectivity index (χ0v) is 35.3. The molecule has 5 N–H and O–H groups in total. The van der Waals surface area contributed by atoms with Gasteiger partial charge in [-0.2, -0.15) is 0 Å². The van der Waals surface area contributed by atoms with Crippen LogP contribution >= 0.6 is 0 Å². The van der Waals surface area contributed by atoms with E-state index >= 15 is 4.79 Å². The van der Waals surface area contributed by atoms with E-state index in [1.807, 2.05) is 30.3 Å². The second-order valence-corrected chi connectivity index (χ2v) is 18.4. The van der Waals surface area contributed by atoms with Gasteiger partial charge in [0.25, 0.3) is 0 Å². The minimum atomic E-state index is -2.10. The Balaban J connectivity index is 1.49. The summed E-state index contributed by atoms with van der Waals surface area (Å²) in [7, 11) is 0. The molecule has 4 aliphatic rings. The monoisotopic (exact) mass is 821 g/mol. The fourth-order valence-electron chi connectivity index (χ4n) is 10.2. The van der Waals surface area contributed by atoms with Crippen molar-refractivity contribution < 1.29 is 63.3 Å². The third-order valence-corrected chi connectivity index (χ3v) is 13.2. The van der Waals surface area contributed by atoms with Gasteiger partial charge in [0.1, 0.15) is 35.4 Å². The van der Waals surface area contributed by atoms with Crippen LogP contribution in [0.3, 0.4) is 0 Å². The second-order valence-electron chi connectivity index (χ2n) is 18.4. The number of ketones is 1. The Morgan fingerprint density at radius 3 is 2.15 bits per heavy atom. The molecule has 2 bridgehead atoms. The summed E-state index contributed by atoms with van der Waals surface area (Å²) in [4.78, 5) is 55.7. The molecule has 3 aliphatic carbocycles. The van der Waals surface area contributed by atoms with Crippen molar-refractivity contribution in [3.05, 3.63) is 82.9 Å². The van der Waals surface area contributed by atoms with Crippen molar-refractivity contribution in [1.82, 2.24) is 5.32 Å². The number of carbonyl (C=O) groups is 4. The summed E-state index contributed by atoms with van der Waals surface area (Å²) in [5, 5.41) is 51.8. The number of nitrogens with one attached hydrogen (secondary N) is 1. The van der Waals surface area contributed by atoms with Gasteiger partial charge >= 0.3 is 18.0 Å². The number of benzene rings is 2. The normalized spacial score (nSPS) is 34.0. The number of hydrogen-bond donors (Lipinski definition) is 5. The first-order chi connectivity index (χ1) is 27.5. The van der Waals surface area contributed by atoms with Crippen LogP contribution in [0, 0.1) is 22.7 Å². The number of amides is 1. The largest absolute Gasteiger partial charge is 0.457 e. The molecule has 14 nitrogen and oxygen atoms in total. The molecule has 59 heavy (non-hydrogen) atoms. The fourth-order valence-corrected chi connectivity index (χ4v) is 10.2. The zero-order valence-electron chi connectivity index (χ0n) is 35.3. The minimum Gasteiger partial charge on any atom is -0.457 e. The van der Waals surface area contributed by atoms with Crippen LogP contribution in [0.15, 0.2) is 71.8 Å². The van der Waals surface area contributed by atoms with Crippen molar-refractivity contribution in [3.8, 4) is 0 Å². The number of Topliss-reactive ketones (excluding diaryl/α,β-unsaturated/α-hetero) is 1. The smallest absolute Gasteiger partial charge is 0.408 e. The first-order valence-electron chi connectivity index (χ1n) is 20.2. The van der Waals surface area contributed by atoms with Crippen LogP contribution < -0.4 is 5.32 Å². The molecule has 0 spiro atoms. The molecule has 2 aromatic rings. The van der Waals surface area contributed by atoms with Crippen LogP contribution in [0.2, 0.25) is 0 Å². The fraction of sp³-hybridized carbons (Fsp3) is 0.600. The molecule has 12 atom stereocenters. The third-order valence-electron chi connectivity index (χ3n) is 13.2. The number of hydrogen-bond acceptors (Lipinski definition) is 13. The molecule has 1 aliphatic heterocycles.